The lowest BCUT2D eigenvalue weighted by atomic mass is 9.74. The lowest BCUT2D eigenvalue weighted by molar-refractivity contribution is 0.345. The monoisotopic (exact) mass is 347 g/mol. The van der Waals surface area contributed by atoms with Crippen molar-refractivity contribution < 1.29 is 4.74 Å². The lowest BCUT2D eigenvalue weighted by Crippen LogP contribution is -2.35. The van der Waals surface area contributed by atoms with Gasteiger partial charge in [0.05, 0.1) is 7.11 Å². The highest BCUT2D eigenvalue weighted by Crippen LogP contribution is 2.40. The number of nitrogens with one attached hydrogen (secondary N) is 1. The topological polar surface area (TPSA) is 21.3 Å². The van der Waals surface area contributed by atoms with Crippen molar-refractivity contribution in [2.24, 2.45) is 0 Å². The van der Waals surface area contributed by atoms with E-state index >= 15 is 0 Å². The first-order chi connectivity index (χ1) is 10.0. The Labute approximate surface area is 135 Å². The summed E-state index contributed by atoms with van der Waals surface area (Å²) >= 11 is 3.56. The smallest absolute Gasteiger partial charge is 0.123 e. The molecule has 0 spiro atoms. The second-order valence-corrected chi connectivity index (χ2v) is 6.61. The zero-order chi connectivity index (χ0) is 15.5. The molecule has 0 heterocycles. The molecule has 1 atom stereocenters. The Hall–Kier alpha value is -1.32. The summed E-state index contributed by atoms with van der Waals surface area (Å²) < 4.78 is 6.61. The number of methoxy groups -OCH3 is 1. The first kappa shape index (κ1) is 16.1. The molecule has 2 aromatic carbocycles. The van der Waals surface area contributed by atoms with Crippen molar-refractivity contribution in [1.29, 1.82) is 0 Å². The molecule has 0 aliphatic carbocycles. The van der Waals surface area contributed by atoms with Gasteiger partial charge in [0.25, 0.3) is 0 Å². The molecule has 112 valence electrons. The van der Waals surface area contributed by atoms with E-state index in [1.54, 1.807) is 7.11 Å². The third-order valence-electron chi connectivity index (χ3n) is 4.03. The number of benzene rings is 2. The quantitative estimate of drug-likeness (QED) is 0.846. The van der Waals surface area contributed by atoms with Crippen molar-refractivity contribution >= 4 is 15.9 Å². The highest BCUT2D eigenvalue weighted by atomic mass is 79.9. The molecular formula is C18H22BrNO. The Morgan fingerprint density at radius 1 is 1.10 bits per heavy atom. The van der Waals surface area contributed by atoms with Gasteiger partial charge < -0.3 is 10.1 Å². The van der Waals surface area contributed by atoms with Gasteiger partial charge in [-0.25, -0.2) is 0 Å². The maximum absolute atomic E-state index is 5.55. The number of hydrogen-bond acceptors (Lipinski definition) is 2. The zero-order valence-electron chi connectivity index (χ0n) is 13.0. The van der Waals surface area contributed by atoms with Gasteiger partial charge in [0, 0.05) is 21.5 Å². The molecular weight excluding hydrogens is 326 g/mol. The van der Waals surface area contributed by atoms with Crippen LogP contribution in [0, 0.1) is 0 Å². The molecule has 0 fully saturated rings. The largest absolute Gasteiger partial charge is 0.496 e. The van der Waals surface area contributed by atoms with Crippen molar-refractivity contribution in [3.05, 3.63) is 64.1 Å². The molecule has 0 aliphatic rings. The molecule has 0 bridgehead atoms. The van der Waals surface area contributed by atoms with Gasteiger partial charge in [-0.1, -0.05) is 60.1 Å². The van der Waals surface area contributed by atoms with Gasteiger partial charge in [0.2, 0.25) is 0 Å². The van der Waals surface area contributed by atoms with E-state index in [1.807, 2.05) is 25.2 Å². The van der Waals surface area contributed by atoms with E-state index in [4.69, 9.17) is 4.74 Å². The summed E-state index contributed by atoms with van der Waals surface area (Å²) in [5, 5.41) is 3.46. The molecule has 0 saturated carbocycles. The van der Waals surface area contributed by atoms with Crippen LogP contribution in [-0.4, -0.2) is 14.2 Å². The van der Waals surface area contributed by atoms with Crippen molar-refractivity contribution in [2.45, 2.75) is 25.3 Å². The summed E-state index contributed by atoms with van der Waals surface area (Å²) in [6.45, 7) is 4.51. The highest BCUT2D eigenvalue weighted by molar-refractivity contribution is 9.10. The Morgan fingerprint density at radius 2 is 1.76 bits per heavy atom. The average Bonchev–Trinajstić information content (AvgIpc) is 2.49. The van der Waals surface area contributed by atoms with Crippen LogP contribution in [0.5, 0.6) is 5.75 Å². The Bertz CT molecular complexity index is 595. The molecule has 2 rings (SSSR count). The van der Waals surface area contributed by atoms with E-state index in [1.165, 1.54) is 5.56 Å². The maximum Gasteiger partial charge on any atom is 0.123 e. The minimum Gasteiger partial charge on any atom is -0.496 e. The fraction of sp³-hybridized carbons (Fsp3) is 0.333. The van der Waals surface area contributed by atoms with Gasteiger partial charge in [0.15, 0.2) is 0 Å². The Balaban J connectivity index is 2.51. The van der Waals surface area contributed by atoms with E-state index in [0.717, 1.165) is 15.8 Å². The fourth-order valence-electron chi connectivity index (χ4n) is 2.87. The third kappa shape index (κ3) is 3.30. The Kier molecular flexibility index (Phi) is 5.07. The lowest BCUT2D eigenvalue weighted by Gasteiger charge is -2.36. The van der Waals surface area contributed by atoms with Crippen molar-refractivity contribution in [2.75, 3.05) is 14.2 Å². The van der Waals surface area contributed by atoms with Crippen LogP contribution in [0.15, 0.2) is 53.0 Å². The number of ether oxygens (including phenoxy) is 1. The summed E-state index contributed by atoms with van der Waals surface area (Å²) in [5.74, 6) is 0.904. The van der Waals surface area contributed by atoms with E-state index in [0.29, 0.717) is 0 Å². The van der Waals surface area contributed by atoms with E-state index in [-0.39, 0.29) is 11.5 Å². The third-order valence-corrected chi connectivity index (χ3v) is 4.52. The predicted octanol–water partition coefficient (Wildman–Crippen LogP) is 4.70. The highest BCUT2D eigenvalue weighted by Gasteiger charge is 2.33. The van der Waals surface area contributed by atoms with Crippen LogP contribution in [0.1, 0.15) is 31.0 Å². The van der Waals surface area contributed by atoms with Crippen LogP contribution in [-0.2, 0) is 5.41 Å². The molecule has 21 heavy (non-hydrogen) atoms. The van der Waals surface area contributed by atoms with Crippen molar-refractivity contribution in [3.63, 3.8) is 0 Å². The number of likely N-dealkylation sites (N-methyl/N-ethyl adjacent to an activating group) is 1. The van der Waals surface area contributed by atoms with E-state index in [9.17, 15) is 0 Å². The van der Waals surface area contributed by atoms with Gasteiger partial charge in [-0.3, -0.25) is 0 Å². The van der Waals surface area contributed by atoms with Crippen LogP contribution in [0.25, 0.3) is 0 Å². The number of hydrogen-bond donors (Lipinski definition) is 1. The first-order valence-corrected chi connectivity index (χ1v) is 7.86. The van der Waals surface area contributed by atoms with Crippen LogP contribution in [0.3, 0.4) is 0 Å². The van der Waals surface area contributed by atoms with Crippen molar-refractivity contribution in [1.82, 2.24) is 5.32 Å². The van der Waals surface area contributed by atoms with Crippen LogP contribution in [0.2, 0.25) is 0 Å². The molecule has 1 unspecified atom stereocenters. The normalized spacial score (nSPS) is 13.0. The molecule has 0 aliphatic heterocycles. The van der Waals surface area contributed by atoms with Crippen molar-refractivity contribution in [3.8, 4) is 5.75 Å². The number of halogens is 1. The summed E-state index contributed by atoms with van der Waals surface area (Å²) in [5.41, 5.74) is 2.39. The number of rotatable bonds is 5. The maximum atomic E-state index is 5.55. The van der Waals surface area contributed by atoms with Gasteiger partial charge in [0.1, 0.15) is 5.75 Å². The summed E-state index contributed by atoms with van der Waals surface area (Å²) in [6.07, 6.45) is 0. The van der Waals surface area contributed by atoms with Gasteiger partial charge in [-0.15, -0.1) is 0 Å². The molecule has 0 amide bonds. The van der Waals surface area contributed by atoms with E-state index < -0.39 is 0 Å². The average molecular weight is 348 g/mol. The molecule has 3 heteroatoms. The second-order valence-electron chi connectivity index (χ2n) is 5.70. The van der Waals surface area contributed by atoms with Crippen LogP contribution >= 0.6 is 15.9 Å². The Morgan fingerprint density at radius 3 is 2.33 bits per heavy atom. The molecule has 0 aromatic heterocycles. The summed E-state index contributed by atoms with van der Waals surface area (Å²) in [4.78, 5) is 0. The SMILES string of the molecule is CNC(c1cc(Br)ccc1OC)C(C)(C)c1ccccc1. The second kappa shape index (κ2) is 6.63. The van der Waals surface area contributed by atoms with Gasteiger partial charge >= 0.3 is 0 Å². The van der Waals surface area contributed by atoms with E-state index in [2.05, 4.69) is 65.4 Å². The summed E-state index contributed by atoms with van der Waals surface area (Å²) in [7, 11) is 3.71. The standard InChI is InChI=1S/C18H22BrNO/c1-18(2,13-8-6-5-7-9-13)17(20-3)15-12-14(19)10-11-16(15)21-4/h5-12,17,20H,1-4H3. The first-order valence-electron chi connectivity index (χ1n) is 7.07. The minimum absolute atomic E-state index is 0.0654. The molecule has 2 aromatic rings. The van der Waals surface area contributed by atoms with Crippen LogP contribution < -0.4 is 10.1 Å². The molecule has 0 radical (unpaired) electrons. The fourth-order valence-corrected chi connectivity index (χ4v) is 3.25. The molecule has 2 nitrogen and oxygen atoms in total. The van der Waals surface area contributed by atoms with Gasteiger partial charge in [-0.2, -0.15) is 0 Å². The predicted molar refractivity (Wildman–Crippen MR) is 92.0 cm³/mol. The minimum atomic E-state index is -0.0654. The molecule has 1 N–H and O–H groups in total. The zero-order valence-corrected chi connectivity index (χ0v) is 14.6. The summed E-state index contributed by atoms with van der Waals surface area (Å²) in [6, 6.07) is 16.9. The molecule has 0 saturated heterocycles. The van der Waals surface area contributed by atoms with Gasteiger partial charge in [-0.05, 0) is 30.8 Å². The van der Waals surface area contributed by atoms with Crippen LogP contribution in [0.4, 0.5) is 0 Å².